The second-order valence-electron chi connectivity index (χ2n) is 5.07. The summed E-state index contributed by atoms with van der Waals surface area (Å²) in [5.74, 6) is 0.450. The number of aryl methyl sites for hydroxylation is 1. The van der Waals surface area contributed by atoms with Gasteiger partial charge in [-0.15, -0.1) is 0 Å². The zero-order valence-corrected chi connectivity index (χ0v) is 13.0. The molecular weight excluding hydrogens is 292 g/mol. The number of benzene rings is 2. The smallest absolute Gasteiger partial charge is 0.277 e. The number of ether oxygens (including phenoxy) is 1. The number of nitrogens with one attached hydrogen (secondary N) is 1. The fourth-order valence-electron chi connectivity index (χ4n) is 2.01. The summed E-state index contributed by atoms with van der Waals surface area (Å²) in [6, 6.07) is 14.3. The summed E-state index contributed by atoms with van der Waals surface area (Å²) in [5.41, 5.74) is 4.32. The molecule has 0 saturated carbocycles. The monoisotopic (exact) mass is 312 g/mol. The van der Waals surface area contributed by atoms with Crippen molar-refractivity contribution in [1.82, 2.24) is 5.43 Å². The summed E-state index contributed by atoms with van der Waals surface area (Å²) in [5, 5.41) is 13.1. The Morgan fingerprint density at radius 1 is 1.26 bits per heavy atom. The molecule has 0 bridgehead atoms. The molecule has 120 valence electrons. The van der Waals surface area contributed by atoms with E-state index in [1.165, 1.54) is 11.8 Å². The maximum Gasteiger partial charge on any atom is 0.277 e. The molecule has 0 radical (unpaired) electrons. The predicted molar refractivity (Wildman–Crippen MR) is 89.8 cm³/mol. The zero-order valence-electron chi connectivity index (χ0n) is 13.0. The number of carbonyl (C=O) groups is 1. The van der Waals surface area contributed by atoms with Crippen LogP contribution in [0.1, 0.15) is 24.5 Å². The Kier molecular flexibility index (Phi) is 6.17. The van der Waals surface area contributed by atoms with Gasteiger partial charge in [-0.1, -0.05) is 37.6 Å². The van der Waals surface area contributed by atoms with Crippen molar-refractivity contribution in [2.75, 3.05) is 6.61 Å². The van der Waals surface area contributed by atoms with Crippen LogP contribution in [0.25, 0.3) is 0 Å². The van der Waals surface area contributed by atoms with Crippen LogP contribution in [0, 0.1) is 0 Å². The zero-order chi connectivity index (χ0) is 16.5. The first-order valence-corrected chi connectivity index (χ1v) is 7.50. The van der Waals surface area contributed by atoms with Crippen molar-refractivity contribution in [3.63, 3.8) is 0 Å². The average molecular weight is 312 g/mol. The van der Waals surface area contributed by atoms with Gasteiger partial charge in [-0.2, -0.15) is 5.10 Å². The number of hydrazone groups is 1. The van der Waals surface area contributed by atoms with Gasteiger partial charge < -0.3 is 9.84 Å². The van der Waals surface area contributed by atoms with E-state index in [0.717, 1.165) is 12.8 Å². The number of amides is 1. The summed E-state index contributed by atoms with van der Waals surface area (Å²) in [6.45, 7) is 2.02. The summed E-state index contributed by atoms with van der Waals surface area (Å²) in [4.78, 5) is 11.6. The fourth-order valence-corrected chi connectivity index (χ4v) is 2.01. The van der Waals surface area contributed by atoms with Crippen molar-refractivity contribution < 1.29 is 14.6 Å². The van der Waals surface area contributed by atoms with Crippen molar-refractivity contribution in [3.8, 4) is 11.5 Å². The highest BCUT2D eigenvalue weighted by Gasteiger charge is 2.01. The molecule has 0 atom stereocenters. The highest BCUT2D eigenvalue weighted by atomic mass is 16.5. The molecule has 0 fully saturated rings. The Morgan fingerprint density at radius 3 is 2.74 bits per heavy atom. The number of hydrogen-bond donors (Lipinski definition) is 2. The Hall–Kier alpha value is -2.82. The van der Waals surface area contributed by atoms with Gasteiger partial charge in [-0.05, 0) is 41.8 Å². The average Bonchev–Trinajstić information content (AvgIpc) is 2.55. The van der Waals surface area contributed by atoms with Gasteiger partial charge in [0.2, 0.25) is 0 Å². The Balaban J connectivity index is 1.76. The molecule has 2 N–H and O–H groups in total. The van der Waals surface area contributed by atoms with E-state index >= 15 is 0 Å². The summed E-state index contributed by atoms with van der Waals surface area (Å²) >= 11 is 0. The molecule has 5 heteroatoms. The van der Waals surface area contributed by atoms with Crippen molar-refractivity contribution >= 4 is 12.1 Å². The molecule has 23 heavy (non-hydrogen) atoms. The summed E-state index contributed by atoms with van der Waals surface area (Å²) in [6.07, 6.45) is 3.58. The molecule has 0 saturated heterocycles. The number of carbonyl (C=O) groups excluding carboxylic acids is 1. The fraction of sp³-hybridized carbons (Fsp3) is 0.222. The van der Waals surface area contributed by atoms with Crippen LogP contribution in [-0.4, -0.2) is 23.8 Å². The van der Waals surface area contributed by atoms with Gasteiger partial charge in [0.05, 0.1) is 6.21 Å². The predicted octanol–water partition coefficient (Wildman–Crippen LogP) is 2.87. The molecule has 0 aliphatic heterocycles. The second-order valence-corrected chi connectivity index (χ2v) is 5.07. The van der Waals surface area contributed by atoms with Gasteiger partial charge in [-0.25, -0.2) is 5.43 Å². The van der Waals surface area contributed by atoms with E-state index in [0.29, 0.717) is 11.3 Å². The molecule has 1 amide bonds. The van der Waals surface area contributed by atoms with Crippen LogP contribution in [0.3, 0.4) is 0 Å². The molecule has 2 aromatic rings. The maximum atomic E-state index is 11.6. The van der Waals surface area contributed by atoms with E-state index in [-0.39, 0.29) is 18.3 Å². The summed E-state index contributed by atoms with van der Waals surface area (Å²) in [7, 11) is 0. The SMILES string of the molecule is CCCc1ccc(OCC(=O)N/N=C/c2cccc(O)c2)cc1. The molecular formula is C18H20N2O3. The first kappa shape index (κ1) is 16.5. The van der Waals surface area contributed by atoms with Crippen molar-refractivity contribution in [1.29, 1.82) is 0 Å². The molecule has 0 heterocycles. The van der Waals surface area contributed by atoms with Gasteiger partial charge >= 0.3 is 0 Å². The van der Waals surface area contributed by atoms with E-state index in [1.807, 2.05) is 24.3 Å². The Labute approximate surface area is 135 Å². The highest BCUT2D eigenvalue weighted by molar-refractivity contribution is 5.83. The molecule has 0 aromatic heterocycles. The van der Waals surface area contributed by atoms with Crippen LogP contribution >= 0.6 is 0 Å². The number of rotatable bonds is 7. The highest BCUT2D eigenvalue weighted by Crippen LogP contribution is 2.13. The molecule has 0 aliphatic carbocycles. The molecule has 2 aromatic carbocycles. The van der Waals surface area contributed by atoms with Crippen LogP contribution < -0.4 is 10.2 Å². The number of hydrogen-bond acceptors (Lipinski definition) is 4. The first-order chi connectivity index (χ1) is 11.2. The summed E-state index contributed by atoms with van der Waals surface area (Å²) < 4.78 is 5.40. The van der Waals surface area contributed by atoms with Crippen LogP contribution in [0.4, 0.5) is 0 Å². The Bertz CT molecular complexity index is 666. The normalized spacial score (nSPS) is 10.7. The van der Waals surface area contributed by atoms with Gasteiger partial charge in [-0.3, -0.25) is 4.79 Å². The molecule has 0 unspecified atom stereocenters. The molecule has 0 aliphatic rings. The third kappa shape index (κ3) is 5.82. The van der Waals surface area contributed by atoms with Crippen LogP contribution in [-0.2, 0) is 11.2 Å². The topological polar surface area (TPSA) is 70.9 Å². The van der Waals surface area contributed by atoms with Crippen LogP contribution in [0.2, 0.25) is 0 Å². The number of nitrogens with zero attached hydrogens (tertiary/aromatic N) is 1. The lowest BCUT2D eigenvalue weighted by Gasteiger charge is -2.06. The van der Waals surface area contributed by atoms with Crippen LogP contribution in [0.15, 0.2) is 53.6 Å². The number of phenolic OH excluding ortho intramolecular Hbond substituents is 1. The van der Waals surface area contributed by atoms with Gasteiger partial charge in [0.25, 0.3) is 5.91 Å². The third-order valence-corrected chi connectivity index (χ3v) is 3.11. The third-order valence-electron chi connectivity index (χ3n) is 3.11. The lowest BCUT2D eigenvalue weighted by molar-refractivity contribution is -0.123. The second kappa shape index (κ2) is 8.58. The standard InChI is InChI=1S/C18H20N2O3/c1-2-4-14-7-9-17(10-8-14)23-13-18(22)20-19-12-15-5-3-6-16(21)11-15/h3,5-12,21H,2,4,13H2,1H3,(H,20,22)/b19-12+. The number of aromatic hydroxyl groups is 1. The molecule has 5 nitrogen and oxygen atoms in total. The van der Waals surface area contributed by atoms with Crippen molar-refractivity contribution in [2.45, 2.75) is 19.8 Å². The first-order valence-electron chi connectivity index (χ1n) is 7.50. The number of phenols is 1. The molecule has 0 spiro atoms. The Morgan fingerprint density at radius 2 is 2.04 bits per heavy atom. The van der Waals surface area contributed by atoms with E-state index in [1.54, 1.807) is 24.3 Å². The lowest BCUT2D eigenvalue weighted by Crippen LogP contribution is -2.24. The van der Waals surface area contributed by atoms with E-state index in [4.69, 9.17) is 4.74 Å². The minimum Gasteiger partial charge on any atom is -0.508 e. The van der Waals surface area contributed by atoms with Crippen molar-refractivity contribution in [3.05, 3.63) is 59.7 Å². The van der Waals surface area contributed by atoms with Crippen LogP contribution in [0.5, 0.6) is 11.5 Å². The molecule has 2 rings (SSSR count). The van der Waals surface area contributed by atoms with E-state index < -0.39 is 0 Å². The van der Waals surface area contributed by atoms with E-state index in [9.17, 15) is 9.90 Å². The largest absolute Gasteiger partial charge is 0.508 e. The minimum absolute atomic E-state index is 0.107. The minimum atomic E-state index is -0.348. The maximum absolute atomic E-state index is 11.6. The van der Waals surface area contributed by atoms with E-state index in [2.05, 4.69) is 17.5 Å². The lowest BCUT2D eigenvalue weighted by atomic mass is 10.1. The van der Waals surface area contributed by atoms with Gasteiger partial charge in [0, 0.05) is 0 Å². The van der Waals surface area contributed by atoms with Gasteiger partial charge in [0.15, 0.2) is 6.61 Å². The van der Waals surface area contributed by atoms with Gasteiger partial charge in [0.1, 0.15) is 11.5 Å². The quantitative estimate of drug-likeness (QED) is 0.610. The van der Waals surface area contributed by atoms with Crippen molar-refractivity contribution in [2.24, 2.45) is 5.10 Å².